The van der Waals surface area contributed by atoms with Gasteiger partial charge in [0.15, 0.2) is 5.78 Å². The molecule has 0 spiro atoms. The standard InChI is InChI=1S/C22H18F2N4O3/c23-18(24)15-8-25-14(7-26-15)16(29)6-21-10-22(11-21,12-21)28-19(30)17-9-27-20(31-17)13-4-2-1-3-5-13/h1-5,7-9,18H,6,10-12H2,(H,28,30). The Morgan fingerprint density at radius 3 is 2.42 bits per heavy atom. The third-order valence-corrected chi connectivity index (χ3v) is 5.99. The molecule has 3 aromatic rings. The molecular formula is C22H18F2N4O3. The van der Waals surface area contributed by atoms with Gasteiger partial charge in [0.05, 0.1) is 18.6 Å². The molecule has 6 rings (SSSR count). The van der Waals surface area contributed by atoms with Gasteiger partial charge in [0, 0.05) is 17.5 Å². The van der Waals surface area contributed by atoms with Gasteiger partial charge in [-0.15, -0.1) is 0 Å². The van der Waals surface area contributed by atoms with Gasteiger partial charge >= 0.3 is 0 Å². The summed E-state index contributed by atoms with van der Waals surface area (Å²) in [6.45, 7) is 0. The molecule has 2 bridgehead atoms. The van der Waals surface area contributed by atoms with E-state index in [4.69, 9.17) is 4.42 Å². The Kier molecular flexibility index (Phi) is 4.42. The number of nitrogens with zero attached hydrogens (tertiary/aromatic N) is 3. The van der Waals surface area contributed by atoms with Crippen molar-refractivity contribution in [2.75, 3.05) is 0 Å². The molecule has 2 aromatic heterocycles. The molecule has 0 aliphatic heterocycles. The third kappa shape index (κ3) is 3.49. The lowest BCUT2D eigenvalue weighted by atomic mass is 9.38. The van der Waals surface area contributed by atoms with Crippen LogP contribution in [0.25, 0.3) is 11.5 Å². The zero-order valence-corrected chi connectivity index (χ0v) is 16.3. The molecule has 1 aromatic carbocycles. The SMILES string of the molecule is O=C(CC12CC(NC(=O)c3cnc(-c4ccccc4)o3)(C1)C2)c1cnc(C(F)F)cn1. The van der Waals surface area contributed by atoms with E-state index in [9.17, 15) is 18.4 Å². The fourth-order valence-corrected chi connectivity index (χ4v) is 4.74. The number of oxazole rings is 1. The lowest BCUT2D eigenvalue weighted by Gasteiger charge is -2.70. The highest BCUT2D eigenvalue weighted by atomic mass is 19.3. The number of carbonyl (C=O) groups is 2. The highest BCUT2D eigenvalue weighted by Crippen LogP contribution is 2.69. The summed E-state index contributed by atoms with van der Waals surface area (Å²) in [6.07, 6.45) is 3.02. The van der Waals surface area contributed by atoms with Gasteiger partial charge in [-0.1, -0.05) is 18.2 Å². The second-order valence-corrected chi connectivity index (χ2v) is 8.39. The van der Waals surface area contributed by atoms with Crippen molar-refractivity contribution in [1.29, 1.82) is 0 Å². The van der Waals surface area contributed by atoms with E-state index in [-0.39, 0.29) is 40.5 Å². The highest BCUT2D eigenvalue weighted by Gasteiger charge is 2.68. The molecule has 9 heteroatoms. The van der Waals surface area contributed by atoms with Crippen LogP contribution in [0, 0.1) is 5.41 Å². The van der Waals surface area contributed by atoms with Gasteiger partial charge in [-0.25, -0.2) is 18.7 Å². The van der Waals surface area contributed by atoms with Crippen LogP contribution in [0.5, 0.6) is 0 Å². The molecule has 3 saturated carbocycles. The summed E-state index contributed by atoms with van der Waals surface area (Å²) in [6, 6.07) is 9.30. The van der Waals surface area contributed by atoms with Crippen LogP contribution in [0.4, 0.5) is 8.78 Å². The smallest absolute Gasteiger partial charge is 0.289 e. The fraction of sp³-hybridized carbons (Fsp3) is 0.318. The molecule has 2 heterocycles. The summed E-state index contributed by atoms with van der Waals surface area (Å²) in [5.41, 5.74) is -0.0881. The Hall–Kier alpha value is -3.49. The second kappa shape index (κ2) is 7.04. The number of hydrogen-bond donors (Lipinski definition) is 1. The van der Waals surface area contributed by atoms with Crippen LogP contribution in [0.1, 0.15) is 58.8 Å². The average molecular weight is 424 g/mol. The molecule has 0 unspecified atom stereocenters. The number of aromatic nitrogens is 3. The lowest BCUT2D eigenvalue weighted by Crippen LogP contribution is -2.74. The molecule has 0 radical (unpaired) electrons. The minimum absolute atomic E-state index is 0.0855. The van der Waals surface area contributed by atoms with Gasteiger partial charge in [0.2, 0.25) is 11.7 Å². The summed E-state index contributed by atoms with van der Waals surface area (Å²) in [7, 11) is 0. The highest BCUT2D eigenvalue weighted by molar-refractivity contribution is 5.95. The van der Waals surface area contributed by atoms with Gasteiger partial charge in [-0.3, -0.25) is 14.6 Å². The van der Waals surface area contributed by atoms with Gasteiger partial charge in [-0.2, -0.15) is 0 Å². The first-order valence-electron chi connectivity index (χ1n) is 9.84. The van der Waals surface area contributed by atoms with Crippen molar-refractivity contribution in [2.24, 2.45) is 5.41 Å². The van der Waals surface area contributed by atoms with Crippen molar-refractivity contribution < 1.29 is 22.8 Å². The van der Waals surface area contributed by atoms with Crippen LogP contribution in [0.3, 0.4) is 0 Å². The van der Waals surface area contributed by atoms with Crippen molar-refractivity contribution in [1.82, 2.24) is 20.3 Å². The van der Waals surface area contributed by atoms with E-state index in [1.54, 1.807) is 0 Å². The first kappa shape index (κ1) is 19.5. The number of alkyl halides is 2. The third-order valence-electron chi connectivity index (χ3n) is 5.99. The Bertz CT molecular complexity index is 1130. The number of nitrogens with one attached hydrogen (secondary N) is 1. The van der Waals surface area contributed by atoms with Crippen molar-refractivity contribution in [3.63, 3.8) is 0 Å². The molecule has 3 aliphatic carbocycles. The van der Waals surface area contributed by atoms with Crippen LogP contribution < -0.4 is 5.32 Å². The minimum Gasteiger partial charge on any atom is -0.431 e. The number of hydrogen-bond acceptors (Lipinski definition) is 6. The van der Waals surface area contributed by atoms with Crippen LogP contribution in [0.2, 0.25) is 0 Å². The van der Waals surface area contributed by atoms with Crippen LogP contribution in [-0.4, -0.2) is 32.2 Å². The first-order chi connectivity index (χ1) is 14.9. The van der Waals surface area contributed by atoms with E-state index in [0.29, 0.717) is 25.2 Å². The van der Waals surface area contributed by atoms with Crippen molar-refractivity contribution in [3.8, 4) is 11.5 Å². The van der Waals surface area contributed by atoms with Gasteiger partial charge < -0.3 is 9.73 Å². The van der Waals surface area contributed by atoms with E-state index in [2.05, 4.69) is 20.3 Å². The number of benzene rings is 1. The number of ketones is 1. The normalized spacial score (nSPS) is 23.7. The first-order valence-corrected chi connectivity index (χ1v) is 9.84. The molecule has 3 fully saturated rings. The maximum atomic E-state index is 12.6. The second-order valence-electron chi connectivity index (χ2n) is 8.39. The quantitative estimate of drug-likeness (QED) is 0.576. The molecule has 31 heavy (non-hydrogen) atoms. The minimum atomic E-state index is -2.72. The Balaban J connectivity index is 1.16. The van der Waals surface area contributed by atoms with Gasteiger partial charge in [-0.05, 0) is 36.8 Å². The zero-order chi connectivity index (χ0) is 21.6. The maximum absolute atomic E-state index is 12.6. The van der Waals surface area contributed by atoms with Crippen LogP contribution >= 0.6 is 0 Å². The molecule has 7 nitrogen and oxygen atoms in total. The predicted octanol–water partition coefficient (Wildman–Crippen LogP) is 3.99. The van der Waals surface area contributed by atoms with Gasteiger partial charge in [0.25, 0.3) is 12.3 Å². The predicted molar refractivity (Wildman–Crippen MR) is 104 cm³/mol. The largest absolute Gasteiger partial charge is 0.431 e. The van der Waals surface area contributed by atoms with E-state index < -0.39 is 12.1 Å². The van der Waals surface area contributed by atoms with Gasteiger partial charge in [0.1, 0.15) is 11.4 Å². The van der Waals surface area contributed by atoms with Crippen molar-refractivity contribution in [3.05, 3.63) is 66.1 Å². The summed E-state index contributed by atoms with van der Waals surface area (Å²) in [4.78, 5) is 36.6. The Morgan fingerprint density at radius 1 is 1.03 bits per heavy atom. The van der Waals surface area contributed by atoms with E-state index in [0.717, 1.165) is 18.0 Å². The number of Topliss-reactive ketones (excluding diaryl/α,β-unsaturated/α-hetero) is 1. The monoisotopic (exact) mass is 424 g/mol. The number of carbonyl (C=O) groups excluding carboxylic acids is 2. The summed E-state index contributed by atoms with van der Waals surface area (Å²) in [5, 5.41) is 3.00. The van der Waals surface area contributed by atoms with Crippen LogP contribution in [0.15, 0.2) is 53.3 Å². The van der Waals surface area contributed by atoms with E-state index >= 15 is 0 Å². The molecule has 0 atom stereocenters. The zero-order valence-electron chi connectivity index (χ0n) is 16.3. The summed E-state index contributed by atoms with van der Waals surface area (Å²) >= 11 is 0. The fourth-order valence-electron chi connectivity index (χ4n) is 4.74. The number of rotatable bonds is 7. The Labute approximate surface area is 175 Å². The number of halogens is 2. The molecule has 1 amide bonds. The maximum Gasteiger partial charge on any atom is 0.289 e. The molecule has 3 aliphatic rings. The van der Waals surface area contributed by atoms with Crippen molar-refractivity contribution in [2.45, 2.75) is 37.6 Å². The summed E-state index contributed by atoms with van der Waals surface area (Å²) < 4.78 is 30.7. The molecule has 0 saturated heterocycles. The van der Waals surface area contributed by atoms with E-state index in [1.807, 2.05) is 30.3 Å². The molecule has 1 N–H and O–H groups in total. The van der Waals surface area contributed by atoms with Crippen LogP contribution in [-0.2, 0) is 0 Å². The lowest BCUT2D eigenvalue weighted by molar-refractivity contribution is -0.144. The molecular weight excluding hydrogens is 406 g/mol. The Morgan fingerprint density at radius 2 is 1.77 bits per heavy atom. The molecule has 158 valence electrons. The van der Waals surface area contributed by atoms with Crippen molar-refractivity contribution >= 4 is 11.7 Å². The average Bonchev–Trinajstić information content (AvgIpc) is 3.22. The number of amides is 1. The summed E-state index contributed by atoms with van der Waals surface area (Å²) in [5.74, 6) is -0.0362. The topological polar surface area (TPSA) is 98.0 Å². The van der Waals surface area contributed by atoms with E-state index in [1.165, 1.54) is 6.20 Å².